The lowest BCUT2D eigenvalue weighted by Gasteiger charge is -2.06. The van der Waals surface area contributed by atoms with Gasteiger partial charge in [0.25, 0.3) is 0 Å². The normalized spacial score (nSPS) is 9.44. The molecular formula is C11H9N5. The first-order chi connectivity index (χ1) is 7.79. The number of anilines is 3. The van der Waals surface area contributed by atoms with Gasteiger partial charge in [-0.1, -0.05) is 12.1 Å². The van der Waals surface area contributed by atoms with Gasteiger partial charge in [0.05, 0.1) is 11.3 Å². The number of benzene rings is 1. The number of para-hydroxylation sites is 1. The van der Waals surface area contributed by atoms with Crippen molar-refractivity contribution in [3.8, 4) is 6.07 Å². The maximum Gasteiger partial charge on any atom is 0.135 e. The van der Waals surface area contributed by atoms with E-state index in [2.05, 4.69) is 21.4 Å². The number of aromatic nitrogens is 2. The third-order valence-electron chi connectivity index (χ3n) is 2.00. The fourth-order valence-corrected chi connectivity index (χ4v) is 1.27. The number of nitrogens with one attached hydrogen (secondary N) is 1. The summed E-state index contributed by atoms with van der Waals surface area (Å²) in [7, 11) is 0. The van der Waals surface area contributed by atoms with E-state index in [0.29, 0.717) is 22.9 Å². The summed E-state index contributed by atoms with van der Waals surface area (Å²) in [6.07, 6.45) is 1.37. The van der Waals surface area contributed by atoms with Crippen LogP contribution in [-0.2, 0) is 0 Å². The van der Waals surface area contributed by atoms with Gasteiger partial charge in [-0.3, -0.25) is 0 Å². The molecule has 0 saturated carbocycles. The standard InChI is InChI=1S/C11H9N5/c12-6-8-3-1-2-4-9(8)16-11-5-10(13)14-7-15-11/h1-5,7H,(H3,13,14,15,16). The zero-order valence-corrected chi connectivity index (χ0v) is 8.38. The molecule has 0 aliphatic rings. The van der Waals surface area contributed by atoms with Crippen LogP contribution in [0.25, 0.3) is 0 Å². The average molecular weight is 211 g/mol. The Morgan fingerprint density at radius 3 is 2.81 bits per heavy atom. The number of nitrogens with zero attached hydrogens (tertiary/aromatic N) is 3. The molecule has 3 N–H and O–H groups in total. The minimum absolute atomic E-state index is 0.381. The summed E-state index contributed by atoms with van der Waals surface area (Å²) in [5.41, 5.74) is 6.78. The van der Waals surface area contributed by atoms with Crippen molar-refractivity contribution in [2.24, 2.45) is 0 Å². The molecular weight excluding hydrogens is 202 g/mol. The number of hydrogen-bond donors (Lipinski definition) is 2. The number of nitriles is 1. The van der Waals surface area contributed by atoms with Crippen LogP contribution in [0.3, 0.4) is 0 Å². The van der Waals surface area contributed by atoms with Gasteiger partial charge >= 0.3 is 0 Å². The quantitative estimate of drug-likeness (QED) is 0.788. The topological polar surface area (TPSA) is 87.6 Å². The van der Waals surface area contributed by atoms with E-state index in [0.717, 1.165) is 0 Å². The smallest absolute Gasteiger partial charge is 0.135 e. The highest BCUT2D eigenvalue weighted by Crippen LogP contribution is 2.18. The van der Waals surface area contributed by atoms with Crippen LogP contribution in [-0.4, -0.2) is 9.97 Å². The Morgan fingerprint density at radius 1 is 1.25 bits per heavy atom. The van der Waals surface area contributed by atoms with E-state index in [-0.39, 0.29) is 0 Å². The number of nitrogen functional groups attached to an aromatic ring is 1. The molecule has 0 aliphatic heterocycles. The molecule has 0 aliphatic carbocycles. The van der Waals surface area contributed by atoms with Crippen molar-refractivity contribution >= 4 is 17.3 Å². The van der Waals surface area contributed by atoms with Gasteiger partial charge in [0, 0.05) is 6.07 Å². The molecule has 78 valence electrons. The molecule has 0 atom stereocenters. The summed E-state index contributed by atoms with van der Waals surface area (Å²) < 4.78 is 0. The van der Waals surface area contributed by atoms with Crippen LogP contribution in [0.1, 0.15) is 5.56 Å². The monoisotopic (exact) mass is 211 g/mol. The minimum atomic E-state index is 0.381. The van der Waals surface area contributed by atoms with E-state index >= 15 is 0 Å². The molecule has 0 amide bonds. The zero-order chi connectivity index (χ0) is 11.4. The molecule has 2 aromatic rings. The Morgan fingerprint density at radius 2 is 2.06 bits per heavy atom. The maximum absolute atomic E-state index is 8.90. The van der Waals surface area contributed by atoms with Gasteiger partial charge in [-0.15, -0.1) is 0 Å². The number of hydrogen-bond acceptors (Lipinski definition) is 5. The van der Waals surface area contributed by atoms with Crippen LogP contribution >= 0.6 is 0 Å². The first-order valence-electron chi connectivity index (χ1n) is 4.63. The van der Waals surface area contributed by atoms with Crippen molar-refractivity contribution in [3.05, 3.63) is 42.2 Å². The van der Waals surface area contributed by atoms with Crippen molar-refractivity contribution in [1.82, 2.24) is 9.97 Å². The third-order valence-corrected chi connectivity index (χ3v) is 2.00. The second-order valence-corrected chi connectivity index (χ2v) is 3.11. The molecule has 0 saturated heterocycles. The largest absolute Gasteiger partial charge is 0.384 e. The molecule has 5 heteroatoms. The molecule has 0 bridgehead atoms. The molecule has 0 unspecified atom stereocenters. The van der Waals surface area contributed by atoms with Crippen molar-refractivity contribution < 1.29 is 0 Å². The van der Waals surface area contributed by atoms with Crippen molar-refractivity contribution in [1.29, 1.82) is 5.26 Å². The Hall–Kier alpha value is -2.61. The van der Waals surface area contributed by atoms with Crippen LogP contribution in [0.2, 0.25) is 0 Å². The fourth-order valence-electron chi connectivity index (χ4n) is 1.27. The first kappa shape index (κ1) is 9.93. The van der Waals surface area contributed by atoms with E-state index in [4.69, 9.17) is 11.0 Å². The van der Waals surface area contributed by atoms with E-state index in [1.165, 1.54) is 6.33 Å². The lowest BCUT2D eigenvalue weighted by atomic mass is 10.2. The van der Waals surface area contributed by atoms with Crippen LogP contribution in [0, 0.1) is 11.3 Å². The van der Waals surface area contributed by atoms with Crippen molar-refractivity contribution in [2.75, 3.05) is 11.1 Å². The van der Waals surface area contributed by atoms with Gasteiger partial charge in [0.15, 0.2) is 0 Å². The summed E-state index contributed by atoms with van der Waals surface area (Å²) in [5, 5.41) is 11.9. The summed E-state index contributed by atoms with van der Waals surface area (Å²) in [4.78, 5) is 7.78. The summed E-state index contributed by atoms with van der Waals surface area (Å²) in [6, 6.07) is 10.9. The Bertz CT molecular complexity index is 544. The van der Waals surface area contributed by atoms with Crippen LogP contribution < -0.4 is 11.1 Å². The van der Waals surface area contributed by atoms with Gasteiger partial charge in [-0.25, -0.2) is 9.97 Å². The average Bonchev–Trinajstić information content (AvgIpc) is 2.30. The second-order valence-electron chi connectivity index (χ2n) is 3.11. The molecule has 1 aromatic heterocycles. The van der Waals surface area contributed by atoms with Crippen LogP contribution in [0.4, 0.5) is 17.3 Å². The highest BCUT2D eigenvalue weighted by atomic mass is 15.0. The molecule has 0 spiro atoms. The first-order valence-corrected chi connectivity index (χ1v) is 4.63. The second kappa shape index (κ2) is 4.28. The van der Waals surface area contributed by atoms with Crippen LogP contribution in [0.15, 0.2) is 36.7 Å². The molecule has 0 fully saturated rings. The van der Waals surface area contributed by atoms with Gasteiger partial charge < -0.3 is 11.1 Å². The van der Waals surface area contributed by atoms with E-state index in [1.54, 1.807) is 24.3 Å². The minimum Gasteiger partial charge on any atom is -0.384 e. The molecule has 1 heterocycles. The molecule has 0 radical (unpaired) electrons. The van der Waals surface area contributed by atoms with Gasteiger partial charge in [-0.2, -0.15) is 5.26 Å². The summed E-state index contributed by atoms with van der Waals surface area (Å²) in [6.45, 7) is 0. The Balaban J connectivity index is 2.31. The van der Waals surface area contributed by atoms with Gasteiger partial charge in [0.2, 0.25) is 0 Å². The highest BCUT2D eigenvalue weighted by Gasteiger charge is 2.01. The predicted octanol–water partition coefficient (Wildman–Crippen LogP) is 1.67. The highest BCUT2D eigenvalue weighted by molar-refractivity contribution is 5.65. The maximum atomic E-state index is 8.90. The van der Waals surface area contributed by atoms with E-state index < -0.39 is 0 Å². The lowest BCUT2D eigenvalue weighted by molar-refractivity contribution is 1.17. The molecule has 16 heavy (non-hydrogen) atoms. The van der Waals surface area contributed by atoms with Gasteiger partial charge in [-0.05, 0) is 12.1 Å². The van der Waals surface area contributed by atoms with E-state index in [1.807, 2.05) is 6.07 Å². The zero-order valence-electron chi connectivity index (χ0n) is 8.38. The summed E-state index contributed by atoms with van der Waals surface area (Å²) >= 11 is 0. The van der Waals surface area contributed by atoms with E-state index in [9.17, 15) is 0 Å². The SMILES string of the molecule is N#Cc1ccccc1Nc1cc(N)ncn1. The third kappa shape index (κ3) is 2.07. The molecule has 1 aromatic carbocycles. The van der Waals surface area contributed by atoms with Crippen molar-refractivity contribution in [2.45, 2.75) is 0 Å². The fraction of sp³-hybridized carbons (Fsp3) is 0. The number of rotatable bonds is 2. The molecule has 2 rings (SSSR count). The van der Waals surface area contributed by atoms with Gasteiger partial charge in [0.1, 0.15) is 24.0 Å². The lowest BCUT2D eigenvalue weighted by Crippen LogP contribution is -1.98. The summed E-state index contributed by atoms with van der Waals surface area (Å²) in [5.74, 6) is 0.946. The molecule has 5 nitrogen and oxygen atoms in total. The van der Waals surface area contributed by atoms with Crippen molar-refractivity contribution in [3.63, 3.8) is 0 Å². The number of nitrogens with two attached hydrogens (primary N) is 1. The van der Waals surface area contributed by atoms with Crippen LogP contribution in [0.5, 0.6) is 0 Å². The predicted molar refractivity (Wildman–Crippen MR) is 60.9 cm³/mol. The Kier molecular flexibility index (Phi) is 2.65. The Labute approximate surface area is 92.6 Å².